The van der Waals surface area contributed by atoms with Crippen LogP contribution in [0, 0.1) is 5.92 Å². The Kier molecular flexibility index (Phi) is 4.85. The monoisotopic (exact) mass is 319 g/mol. The van der Waals surface area contributed by atoms with Crippen molar-refractivity contribution in [1.82, 2.24) is 4.90 Å². The molecule has 0 unspecified atom stereocenters. The van der Waals surface area contributed by atoms with Crippen LogP contribution < -0.4 is 4.74 Å². The molecule has 0 aliphatic carbocycles. The van der Waals surface area contributed by atoms with Crippen molar-refractivity contribution in [3.05, 3.63) is 15.4 Å². The smallest absolute Gasteiger partial charge is 0.188 e. The molecule has 1 aromatic heterocycles. The molecule has 1 aromatic rings. The lowest BCUT2D eigenvalue weighted by atomic mass is 10.1. The zero-order valence-corrected chi connectivity index (χ0v) is 12.6. The molecule has 0 aromatic carbocycles. The summed E-state index contributed by atoms with van der Waals surface area (Å²) < 4.78 is 11.7. The first-order valence-electron chi connectivity index (χ1n) is 5.77. The highest BCUT2D eigenvalue weighted by Crippen LogP contribution is 2.35. The van der Waals surface area contributed by atoms with Crippen LogP contribution in [0.3, 0.4) is 0 Å². The van der Waals surface area contributed by atoms with Gasteiger partial charge in [0.25, 0.3) is 0 Å². The Morgan fingerprint density at radius 2 is 2.47 bits per heavy atom. The molecule has 0 spiro atoms. The van der Waals surface area contributed by atoms with E-state index in [4.69, 9.17) is 9.47 Å². The minimum absolute atomic E-state index is 0.699. The molecule has 2 rings (SSSR count). The summed E-state index contributed by atoms with van der Waals surface area (Å²) in [5, 5.41) is 0.956. The molecule has 0 N–H and O–H groups in total. The SMILES string of the molecule is COc1sc(CN(C)C[C@H]2CCOC2)cc1Br. The van der Waals surface area contributed by atoms with E-state index < -0.39 is 0 Å². The van der Waals surface area contributed by atoms with Crippen LogP contribution in [-0.4, -0.2) is 38.8 Å². The van der Waals surface area contributed by atoms with Crippen molar-refractivity contribution < 1.29 is 9.47 Å². The van der Waals surface area contributed by atoms with Gasteiger partial charge in [0, 0.05) is 24.6 Å². The van der Waals surface area contributed by atoms with Gasteiger partial charge in [-0.15, -0.1) is 11.3 Å². The van der Waals surface area contributed by atoms with Gasteiger partial charge < -0.3 is 14.4 Å². The highest BCUT2D eigenvalue weighted by atomic mass is 79.9. The minimum Gasteiger partial charge on any atom is -0.486 e. The van der Waals surface area contributed by atoms with Crippen LogP contribution in [0.4, 0.5) is 0 Å². The Bertz CT molecular complexity index is 363. The number of thiophene rings is 1. The Morgan fingerprint density at radius 3 is 3.06 bits per heavy atom. The average molecular weight is 320 g/mol. The lowest BCUT2D eigenvalue weighted by molar-refractivity contribution is 0.173. The molecule has 0 amide bonds. The van der Waals surface area contributed by atoms with E-state index in [1.54, 1.807) is 18.4 Å². The number of hydrogen-bond donors (Lipinski definition) is 0. The fraction of sp³-hybridized carbons (Fsp3) is 0.667. The fourth-order valence-electron chi connectivity index (χ4n) is 2.11. The predicted octanol–water partition coefficient (Wildman–Crippen LogP) is 2.99. The number of methoxy groups -OCH3 is 1. The second kappa shape index (κ2) is 6.18. The first kappa shape index (κ1) is 13.3. The molecule has 0 bridgehead atoms. The summed E-state index contributed by atoms with van der Waals surface area (Å²) in [4.78, 5) is 3.69. The van der Waals surface area contributed by atoms with Crippen molar-refractivity contribution >= 4 is 27.3 Å². The van der Waals surface area contributed by atoms with Crippen molar-refractivity contribution in [3.63, 3.8) is 0 Å². The second-order valence-corrected chi connectivity index (χ2v) is 6.43. The van der Waals surface area contributed by atoms with Crippen LogP contribution in [0.15, 0.2) is 10.5 Å². The summed E-state index contributed by atoms with van der Waals surface area (Å²) in [5.41, 5.74) is 0. The Balaban J connectivity index is 1.86. The van der Waals surface area contributed by atoms with E-state index in [1.165, 1.54) is 11.3 Å². The zero-order valence-electron chi connectivity index (χ0n) is 10.2. The normalized spacial score (nSPS) is 20.1. The van der Waals surface area contributed by atoms with Gasteiger partial charge in [-0.2, -0.15) is 0 Å². The van der Waals surface area contributed by atoms with Gasteiger partial charge in [-0.05, 0) is 41.4 Å². The van der Waals surface area contributed by atoms with Crippen LogP contribution in [0.1, 0.15) is 11.3 Å². The molecule has 5 heteroatoms. The molecular formula is C12H18BrNO2S. The van der Waals surface area contributed by atoms with E-state index in [9.17, 15) is 0 Å². The molecule has 1 saturated heterocycles. The van der Waals surface area contributed by atoms with Gasteiger partial charge in [0.1, 0.15) is 0 Å². The topological polar surface area (TPSA) is 21.7 Å². The Labute approximate surface area is 115 Å². The van der Waals surface area contributed by atoms with E-state index in [1.807, 2.05) is 0 Å². The van der Waals surface area contributed by atoms with Crippen molar-refractivity contribution in [2.24, 2.45) is 5.92 Å². The minimum atomic E-state index is 0.699. The van der Waals surface area contributed by atoms with Crippen LogP contribution in [-0.2, 0) is 11.3 Å². The van der Waals surface area contributed by atoms with E-state index in [0.29, 0.717) is 5.92 Å². The van der Waals surface area contributed by atoms with E-state index >= 15 is 0 Å². The van der Waals surface area contributed by atoms with Crippen LogP contribution in [0.5, 0.6) is 5.06 Å². The molecule has 1 aliphatic heterocycles. The van der Waals surface area contributed by atoms with Gasteiger partial charge in [-0.1, -0.05) is 0 Å². The van der Waals surface area contributed by atoms with Gasteiger partial charge in [-0.3, -0.25) is 0 Å². The maximum Gasteiger partial charge on any atom is 0.188 e. The zero-order chi connectivity index (χ0) is 12.3. The Morgan fingerprint density at radius 1 is 1.65 bits per heavy atom. The number of hydrogen-bond acceptors (Lipinski definition) is 4. The molecule has 1 fully saturated rings. The Hall–Kier alpha value is -0.100. The van der Waals surface area contributed by atoms with Crippen molar-refractivity contribution in [2.75, 3.05) is 33.9 Å². The summed E-state index contributed by atoms with van der Waals surface area (Å²) in [6, 6.07) is 2.14. The molecule has 0 saturated carbocycles. The summed E-state index contributed by atoms with van der Waals surface area (Å²) in [5.74, 6) is 0.699. The van der Waals surface area contributed by atoms with Crippen molar-refractivity contribution in [1.29, 1.82) is 0 Å². The lowest BCUT2D eigenvalue weighted by Crippen LogP contribution is -2.25. The molecule has 0 radical (unpaired) electrons. The third kappa shape index (κ3) is 3.68. The van der Waals surface area contributed by atoms with Crippen LogP contribution in [0.25, 0.3) is 0 Å². The predicted molar refractivity (Wildman–Crippen MR) is 73.8 cm³/mol. The summed E-state index contributed by atoms with van der Waals surface area (Å²) in [7, 11) is 3.87. The second-order valence-electron chi connectivity index (χ2n) is 4.48. The molecule has 96 valence electrons. The molecule has 1 aliphatic rings. The van der Waals surface area contributed by atoms with E-state index in [2.05, 4.69) is 33.9 Å². The molecule has 1 atom stereocenters. The average Bonchev–Trinajstić information content (AvgIpc) is 2.88. The molecular weight excluding hydrogens is 302 g/mol. The lowest BCUT2D eigenvalue weighted by Gasteiger charge is -2.18. The van der Waals surface area contributed by atoms with Crippen molar-refractivity contribution in [2.45, 2.75) is 13.0 Å². The summed E-state index contributed by atoms with van der Waals surface area (Å²) in [6.07, 6.45) is 1.20. The molecule has 3 nitrogen and oxygen atoms in total. The fourth-order valence-corrected chi connectivity index (χ4v) is 3.89. The summed E-state index contributed by atoms with van der Waals surface area (Å²) in [6.45, 7) is 3.93. The third-order valence-electron chi connectivity index (χ3n) is 2.91. The standard InChI is InChI=1S/C12H18BrNO2S/c1-14(6-9-3-4-16-8-9)7-10-5-11(13)12(15-2)17-10/h5,9H,3-4,6-8H2,1-2H3/t9-/m1/s1. The van der Waals surface area contributed by atoms with E-state index in [-0.39, 0.29) is 0 Å². The van der Waals surface area contributed by atoms with Crippen molar-refractivity contribution in [3.8, 4) is 5.06 Å². The number of halogens is 1. The number of nitrogens with zero attached hydrogens (tertiary/aromatic N) is 1. The maximum absolute atomic E-state index is 5.40. The number of rotatable bonds is 5. The first-order valence-corrected chi connectivity index (χ1v) is 7.38. The van der Waals surface area contributed by atoms with Crippen LogP contribution in [0.2, 0.25) is 0 Å². The molecule has 2 heterocycles. The van der Waals surface area contributed by atoms with Gasteiger partial charge in [0.2, 0.25) is 0 Å². The largest absolute Gasteiger partial charge is 0.486 e. The van der Waals surface area contributed by atoms with Gasteiger partial charge in [0.05, 0.1) is 18.2 Å². The van der Waals surface area contributed by atoms with Gasteiger partial charge in [0.15, 0.2) is 5.06 Å². The van der Waals surface area contributed by atoms with E-state index in [0.717, 1.165) is 35.8 Å². The highest BCUT2D eigenvalue weighted by Gasteiger charge is 2.18. The van der Waals surface area contributed by atoms with Gasteiger partial charge in [-0.25, -0.2) is 0 Å². The quantitative estimate of drug-likeness (QED) is 0.832. The highest BCUT2D eigenvalue weighted by molar-refractivity contribution is 9.10. The number of ether oxygens (including phenoxy) is 2. The third-order valence-corrected chi connectivity index (χ3v) is 4.84. The van der Waals surface area contributed by atoms with Crippen LogP contribution >= 0.6 is 27.3 Å². The molecule has 17 heavy (non-hydrogen) atoms. The first-order chi connectivity index (χ1) is 8.19. The maximum atomic E-state index is 5.40. The summed E-state index contributed by atoms with van der Waals surface area (Å²) >= 11 is 5.21. The van der Waals surface area contributed by atoms with Gasteiger partial charge >= 0.3 is 0 Å².